The Morgan fingerprint density at radius 3 is 2.83 bits per heavy atom. The summed E-state index contributed by atoms with van der Waals surface area (Å²) in [5.41, 5.74) is 2.12. The first-order valence-electron chi connectivity index (χ1n) is 4.38. The van der Waals surface area contributed by atoms with Crippen molar-refractivity contribution >= 4 is 27.3 Å². The van der Waals surface area contributed by atoms with Crippen LogP contribution in [0.25, 0.3) is 0 Å². The predicted octanol–water partition coefficient (Wildman–Crippen LogP) is 3.85. The maximum absolute atomic E-state index is 3.71. The molecule has 1 atom stereocenters. The first kappa shape index (κ1) is 8.76. The lowest BCUT2D eigenvalue weighted by molar-refractivity contribution is 0.510. The fourth-order valence-electron chi connectivity index (χ4n) is 1.68. The number of thiophene rings is 1. The average Bonchev–Trinajstić information content (AvgIpc) is 2.60. The minimum Gasteiger partial charge on any atom is -0.152 e. The summed E-state index contributed by atoms with van der Waals surface area (Å²) in [5, 5.41) is 4.44. The summed E-state index contributed by atoms with van der Waals surface area (Å²) >= 11 is 5.51. The second kappa shape index (κ2) is 3.15. The van der Waals surface area contributed by atoms with E-state index < -0.39 is 0 Å². The van der Waals surface area contributed by atoms with Gasteiger partial charge in [-0.25, -0.2) is 0 Å². The van der Waals surface area contributed by atoms with Gasteiger partial charge in [0.2, 0.25) is 0 Å². The Morgan fingerprint density at radius 2 is 2.42 bits per heavy atom. The van der Waals surface area contributed by atoms with Crippen LogP contribution < -0.4 is 0 Å². The third-order valence-electron chi connectivity index (χ3n) is 2.87. The van der Waals surface area contributed by atoms with Gasteiger partial charge in [-0.1, -0.05) is 22.9 Å². The maximum Gasteiger partial charge on any atom is 0.0177 e. The van der Waals surface area contributed by atoms with Crippen LogP contribution in [0.4, 0.5) is 0 Å². The summed E-state index contributed by atoms with van der Waals surface area (Å²) in [4.78, 5) is 0.671. The van der Waals surface area contributed by atoms with Gasteiger partial charge in [0.05, 0.1) is 0 Å². The summed E-state index contributed by atoms with van der Waals surface area (Å²) in [5.74, 6) is 0. The van der Waals surface area contributed by atoms with Gasteiger partial charge in [-0.2, -0.15) is 11.3 Å². The number of rotatable bonds is 3. The Bertz CT molecular complexity index is 247. The molecule has 1 fully saturated rings. The molecule has 1 aliphatic rings. The second-order valence-electron chi connectivity index (χ2n) is 3.79. The zero-order valence-corrected chi connectivity index (χ0v) is 9.62. The van der Waals surface area contributed by atoms with Gasteiger partial charge in [0, 0.05) is 4.83 Å². The number of hydrogen-bond acceptors (Lipinski definition) is 1. The van der Waals surface area contributed by atoms with E-state index in [-0.39, 0.29) is 0 Å². The topological polar surface area (TPSA) is 0 Å². The van der Waals surface area contributed by atoms with Gasteiger partial charge < -0.3 is 0 Å². The molecule has 0 saturated heterocycles. The molecule has 0 bridgehead atoms. The fraction of sp³-hybridized carbons (Fsp3) is 0.600. The highest BCUT2D eigenvalue weighted by molar-refractivity contribution is 9.09. The smallest absolute Gasteiger partial charge is 0.0177 e. The summed E-state index contributed by atoms with van der Waals surface area (Å²) in [7, 11) is 0. The van der Waals surface area contributed by atoms with E-state index in [1.54, 1.807) is 11.3 Å². The third kappa shape index (κ3) is 1.60. The van der Waals surface area contributed by atoms with E-state index in [1.807, 2.05) is 0 Å². The number of hydrogen-bond donors (Lipinski definition) is 0. The predicted molar refractivity (Wildman–Crippen MR) is 58.1 cm³/mol. The van der Waals surface area contributed by atoms with Crippen molar-refractivity contribution in [1.82, 2.24) is 0 Å². The molecule has 0 nitrogen and oxygen atoms in total. The van der Waals surface area contributed by atoms with Crippen LogP contribution in [0.1, 0.15) is 25.3 Å². The first-order valence-corrected chi connectivity index (χ1v) is 6.24. The molecule has 1 aromatic rings. The van der Waals surface area contributed by atoms with Gasteiger partial charge in [-0.3, -0.25) is 0 Å². The van der Waals surface area contributed by atoms with Crippen molar-refractivity contribution in [3.63, 3.8) is 0 Å². The molecule has 0 aromatic carbocycles. The van der Waals surface area contributed by atoms with Crippen molar-refractivity contribution in [1.29, 1.82) is 0 Å². The molecule has 1 heterocycles. The van der Waals surface area contributed by atoms with E-state index in [0.717, 1.165) is 0 Å². The zero-order chi connectivity index (χ0) is 8.60. The fourth-order valence-corrected chi connectivity index (χ4v) is 2.96. The Labute approximate surface area is 86.1 Å². The molecule has 0 radical (unpaired) electrons. The standard InChI is InChI=1S/C10H13BrS/c1-8(11)10(3-4-10)6-9-2-5-12-7-9/h2,5,7-8H,3-4,6H2,1H3. The highest BCUT2D eigenvalue weighted by Gasteiger charge is 2.45. The Balaban J connectivity index is 2.04. The summed E-state index contributed by atoms with van der Waals surface area (Å²) in [6.45, 7) is 2.28. The van der Waals surface area contributed by atoms with Crippen molar-refractivity contribution in [2.24, 2.45) is 5.41 Å². The van der Waals surface area contributed by atoms with E-state index in [4.69, 9.17) is 0 Å². The number of alkyl halides is 1. The highest BCUT2D eigenvalue weighted by Crippen LogP contribution is 2.53. The lowest BCUT2D eigenvalue weighted by atomic mass is 9.96. The molecule has 66 valence electrons. The molecular formula is C10H13BrS. The van der Waals surface area contributed by atoms with Crippen LogP contribution in [-0.2, 0) is 6.42 Å². The number of halogens is 1. The van der Waals surface area contributed by atoms with E-state index in [2.05, 4.69) is 39.7 Å². The van der Waals surface area contributed by atoms with Crippen molar-refractivity contribution in [2.45, 2.75) is 31.0 Å². The molecule has 1 unspecified atom stereocenters. The molecule has 12 heavy (non-hydrogen) atoms. The van der Waals surface area contributed by atoms with Crippen LogP contribution in [0.15, 0.2) is 16.8 Å². The van der Waals surface area contributed by atoms with Gasteiger partial charge in [0.15, 0.2) is 0 Å². The molecule has 0 spiro atoms. The maximum atomic E-state index is 3.71. The van der Waals surface area contributed by atoms with Crippen molar-refractivity contribution < 1.29 is 0 Å². The van der Waals surface area contributed by atoms with Gasteiger partial charge in [-0.15, -0.1) is 0 Å². The Kier molecular flexibility index (Phi) is 2.30. The molecular weight excluding hydrogens is 232 g/mol. The van der Waals surface area contributed by atoms with E-state index >= 15 is 0 Å². The van der Waals surface area contributed by atoms with E-state index in [0.29, 0.717) is 10.2 Å². The van der Waals surface area contributed by atoms with E-state index in [1.165, 1.54) is 24.8 Å². The monoisotopic (exact) mass is 244 g/mol. The van der Waals surface area contributed by atoms with Crippen LogP contribution in [0.5, 0.6) is 0 Å². The largest absolute Gasteiger partial charge is 0.152 e. The van der Waals surface area contributed by atoms with E-state index in [9.17, 15) is 0 Å². The van der Waals surface area contributed by atoms with Crippen LogP contribution in [0.2, 0.25) is 0 Å². The molecule has 0 N–H and O–H groups in total. The molecule has 1 aromatic heterocycles. The first-order chi connectivity index (χ1) is 5.73. The SMILES string of the molecule is CC(Br)C1(Cc2ccsc2)CC1. The lowest BCUT2D eigenvalue weighted by Gasteiger charge is -2.16. The lowest BCUT2D eigenvalue weighted by Crippen LogP contribution is -2.14. The molecule has 2 rings (SSSR count). The average molecular weight is 245 g/mol. The highest BCUT2D eigenvalue weighted by atomic mass is 79.9. The Morgan fingerprint density at radius 1 is 1.67 bits per heavy atom. The molecule has 2 heteroatoms. The van der Waals surface area contributed by atoms with Gasteiger partial charge in [0.1, 0.15) is 0 Å². The van der Waals surface area contributed by atoms with Gasteiger partial charge in [0.25, 0.3) is 0 Å². The van der Waals surface area contributed by atoms with Crippen LogP contribution in [-0.4, -0.2) is 4.83 Å². The Hall–Kier alpha value is 0.180. The summed E-state index contributed by atoms with van der Waals surface area (Å²) < 4.78 is 0. The van der Waals surface area contributed by atoms with Crippen LogP contribution in [0.3, 0.4) is 0 Å². The van der Waals surface area contributed by atoms with Crippen LogP contribution in [0, 0.1) is 5.41 Å². The molecule has 1 aliphatic carbocycles. The molecule has 1 saturated carbocycles. The van der Waals surface area contributed by atoms with Gasteiger partial charge in [-0.05, 0) is 47.1 Å². The normalized spacial score (nSPS) is 22.2. The summed E-state index contributed by atoms with van der Waals surface area (Å²) in [6, 6.07) is 2.25. The quantitative estimate of drug-likeness (QED) is 0.709. The van der Waals surface area contributed by atoms with Crippen LogP contribution >= 0.6 is 27.3 Å². The third-order valence-corrected chi connectivity index (χ3v) is 4.58. The molecule has 0 amide bonds. The van der Waals surface area contributed by atoms with Crippen molar-refractivity contribution in [3.05, 3.63) is 22.4 Å². The zero-order valence-electron chi connectivity index (χ0n) is 7.22. The van der Waals surface area contributed by atoms with Gasteiger partial charge >= 0.3 is 0 Å². The second-order valence-corrected chi connectivity index (χ2v) is 5.94. The van der Waals surface area contributed by atoms with Crippen molar-refractivity contribution in [3.8, 4) is 0 Å². The minimum atomic E-state index is 0.598. The minimum absolute atomic E-state index is 0.598. The summed E-state index contributed by atoms with van der Waals surface area (Å²) in [6.07, 6.45) is 4.06. The molecule has 0 aliphatic heterocycles. The van der Waals surface area contributed by atoms with Crippen molar-refractivity contribution in [2.75, 3.05) is 0 Å².